The highest BCUT2D eigenvalue weighted by Crippen LogP contribution is 2.38. The van der Waals surface area contributed by atoms with Crippen molar-refractivity contribution in [1.29, 1.82) is 0 Å². The molecule has 2 aromatic carbocycles. The van der Waals surface area contributed by atoms with E-state index < -0.39 is 0 Å². The molecule has 27 heavy (non-hydrogen) atoms. The summed E-state index contributed by atoms with van der Waals surface area (Å²) in [5, 5.41) is 2.39. The number of esters is 1. The van der Waals surface area contributed by atoms with Gasteiger partial charge >= 0.3 is 5.97 Å². The molecule has 0 amide bonds. The van der Waals surface area contributed by atoms with Crippen molar-refractivity contribution in [3.05, 3.63) is 42.0 Å². The van der Waals surface area contributed by atoms with Crippen molar-refractivity contribution < 1.29 is 9.53 Å². The average Bonchev–Trinajstić information content (AvgIpc) is 2.71. The fraction of sp³-hybridized carbons (Fsp3) is 0.560. The molecule has 0 spiro atoms. The fourth-order valence-electron chi connectivity index (χ4n) is 4.34. The Morgan fingerprint density at radius 1 is 0.926 bits per heavy atom. The van der Waals surface area contributed by atoms with Gasteiger partial charge in [-0.25, -0.2) is 0 Å². The summed E-state index contributed by atoms with van der Waals surface area (Å²) in [6.07, 6.45) is 11.6. The number of hydrogen-bond acceptors (Lipinski definition) is 2. The molecular weight excluding hydrogens is 332 g/mol. The smallest absolute Gasteiger partial charge is 0.311 e. The van der Waals surface area contributed by atoms with Crippen LogP contribution >= 0.6 is 0 Å². The molecule has 0 N–H and O–H groups in total. The zero-order valence-electron chi connectivity index (χ0n) is 17.0. The SMILES string of the molecule is CCCCCCC(=O)Oc1ccc2cc([C@H]3CC[C@H](CC)CC3)ccc2c1. The van der Waals surface area contributed by atoms with E-state index in [0.29, 0.717) is 18.1 Å². The predicted octanol–water partition coefficient (Wildman–Crippen LogP) is 7.40. The summed E-state index contributed by atoms with van der Waals surface area (Å²) in [7, 11) is 0. The molecule has 1 aliphatic rings. The van der Waals surface area contributed by atoms with E-state index in [1.54, 1.807) is 0 Å². The second-order valence-corrected chi connectivity index (χ2v) is 8.18. The van der Waals surface area contributed by atoms with Gasteiger partial charge in [0.15, 0.2) is 0 Å². The first-order chi connectivity index (χ1) is 13.2. The van der Waals surface area contributed by atoms with E-state index in [2.05, 4.69) is 38.1 Å². The molecule has 0 aromatic heterocycles. The van der Waals surface area contributed by atoms with Crippen LogP contribution in [0, 0.1) is 5.92 Å². The standard InChI is InChI=1S/C25H34O2/c1-3-5-6-7-8-25(26)27-24-16-15-22-17-21(13-14-23(22)18-24)20-11-9-19(4-2)10-12-20/h13-20H,3-12H2,1-2H3/t19-,20-. The van der Waals surface area contributed by atoms with E-state index in [1.807, 2.05) is 12.1 Å². The van der Waals surface area contributed by atoms with Crippen molar-refractivity contribution in [2.75, 3.05) is 0 Å². The molecule has 2 nitrogen and oxygen atoms in total. The van der Waals surface area contributed by atoms with Crippen molar-refractivity contribution >= 4 is 16.7 Å². The van der Waals surface area contributed by atoms with Crippen molar-refractivity contribution in [2.24, 2.45) is 5.92 Å². The van der Waals surface area contributed by atoms with E-state index in [9.17, 15) is 4.79 Å². The number of ether oxygens (including phenoxy) is 1. The molecule has 146 valence electrons. The van der Waals surface area contributed by atoms with Crippen LogP contribution in [0.3, 0.4) is 0 Å². The van der Waals surface area contributed by atoms with E-state index in [4.69, 9.17) is 4.74 Å². The molecule has 0 saturated heterocycles. The number of hydrogen-bond donors (Lipinski definition) is 0. The summed E-state index contributed by atoms with van der Waals surface area (Å²) >= 11 is 0. The number of fused-ring (bicyclic) bond motifs is 1. The third-order valence-electron chi connectivity index (χ3n) is 6.20. The maximum absolute atomic E-state index is 12.0. The molecule has 2 heteroatoms. The molecule has 1 fully saturated rings. The van der Waals surface area contributed by atoms with Crippen LogP contribution in [0.2, 0.25) is 0 Å². The van der Waals surface area contributed by atoms with Gasteiger partial charge in [-0.2, -0.15) is 0 Å². The van der Waals surface area contributed by atoms with Crippen molar-refractivity contribution in [3.8, 4) is 5.75 Å². The third kappa shape index (κ3) is 5.57. The number of carbonyl (C=O) groups is 1. The van der Waals surface area contributed by atoms with Crippen LogP contribution in [-0.2, 0) is 4.79 Å². The van der Waals surface area contributed by atoms with Crippen molar-refractivity contribution in [1.82, 2.24) is 0 Å². The van der Waals surface area contributed by atoms with Crippen LogP contribution in [0.4, 0.5) is 0 Å². The number of benzene rings is 2. The van der Waals surface area contributed by atoms with Crippen LogP contribution in [0.25, 0.3) is 10.8 Å². The van der Waals surface area contributed by atoms with Crippen LogP contribution in [0.5, 0.6) is 5.75 Å². The van der Waals surface area contributed by atoms with Gasteiger partial charge in [0.05, 0.1) is 0 Å². The lowest BCUT2D eigenvalue weighted by molar-refractivity contribution is -0.134. The Labute approximate surface area is 164 Å². The zero-order valence-corrected chi connectivity index (χ0v) is 17.0. The lowest BCUT2D eigenvalue weighted by atomic mass is 9.77. The summed E-state index contributed by atoms with van der Waals surface area (Å²) in [6, 6.07) is 12.8. The third-order valence-corrected chi connectivity index (χ3v) is 6.20. The van der Waals surface area contributed by atoms with Gasteiger partial charge < -0.3 is 4.74 Å². The molecule has 0 atom stereocenters. The molecule has 0 heterocycles. The predicted molar refractivity (Wildman–Crippen MR) is 113 cm³/mol. The van der Waals surface area contributed by atoms with Gasteiger partial charge in [0.2, 0.25) is 0 Å². The monoisotopic (exact) mass is 366 g/mol. The van der Waals surface area contributed by atoms with Gasteiger partial charge in [0.1, 0.15) is 5.75 Å². The number of unbranched alkanes of at least 4 members (excludes halogenated alkanes) is 3. The maximum atomic E-state index is 12.0. The maximum Gasteiger partial charge on any atom is 0.311 e. The lowest BCUT2D eigenvalue weighted by Gasteiger charge is -2.28. The zero-order chi connectivity index (χ0) is 19.1. The number of carbonyl (C=O) groups excluding carboxylic acids is 1. The van der Waals surface area contributed by atoms with Crippen LogP contribution in [0.15, 0.2) is 36.4 Å². The molecular formula is C25H34O2. The average molecular weight is 367 g/mol. The Morgan fingerprint density at radius 3 is 2.41 bits per heavy atom. The van der Waals surface area contributed by atoms with E-state index in [1.165, 1.54) is 55.9 Å². The topological polar surface area (TPSA) is 26.3 Å². The summed E-state index contributed by atoms with van der Waals surface area (Å²) in [5.74, 6) is 2.19. The molecule has 2 aromatic rings. The van der Waals surface area contributed by atoms with E-state index >= 15 is 0 Å². The molecule has 0 radical (unpaired) electrons. The van der Waals surface area contributed by atoms with Crippen molar-refractivity contribution in [3.63, 3.8) is 0 Å². The minimum atomic E-state index is -0.116. The van der Waals surface area contributed by atoms with E-state index in [-0.39, 0.29) is 5.97 Å². The summed E-state index contributed by atoms with van der Waals surface area (Å²) in [5.41, 5.74) is 1.47. The highest BCUT2D eigenvalue weighted by atomic mass is 16.5. The molecule has 0 bridgehead atoms. The van der Waals surface area contributed by atoms with Crippen LogP contribution < -0.4 is 4.74 Å². The molecule has 1 aliphatic carbocycles. The van der Waals surface area contributed by atoms with Crippen LogP contribution in [-0.4, -0.2) is 5.97 Å². The van der Waals surface area contributed by atoms with E-state index in [0.717, 1.165) is 24.1 Å². The highest BCUT2D eigenvalue weighted by Gasteiger charge is 2.21. The first-order valence-electron chi connectivity index (χ1n) is 10.9. The summed E-state index contributed by atoms with van der Waals surface area (Å²) in [4.78, 5) is 12.0. The molecule has 0 aliphatic heterocycles. The first kappa shape index (κ1) is 19.9. The Hall–Kier alpha value is -1.83. The Kier molecular flexibility index (Phi) is 7.32. The van der Waals surface area contributed by atoms with Gasteiger partial charge in [-0.05, 0) is 72.4 Å². The molecule has 3 rings (SSSR count). The van der Waals surface area contributed by atoms with Gasteiger partial charge in [0, 0.05) is 6.42 Å². The van der Waals surface area contributed by atoms with Gasteiger partial charge in [0.25, 0.3) is 0 Å². The minimum Gasteiger partial charge on any atom is -0.427 e. The van der Waals surface area contributed by atoms with Gasteiger partial charge in [-0.3, -0.25) is 4.79 Å². The fourth-order valence-corrected chi connectivity index (χ4v) is 4.34. The molecule has 0 unspecified atom stereocenters. The van der Waals surface area contributed by atoms with Gasteiger partial charge in [-0.1, -0.05) is 63.8 Å². The van der Waals surface area contributed by atoms with Crippen LogP contribution in [0.1, 0.15) is 89.5 Å². The van der Waals surface area contributed by atoms with Crippen molar-refractivity contribution in [2.45, 2.75) is 84.0 Å². The summed E-state index contributed by atoms with van der Waals surface area (Å²) < 4.78 is 5.53. The second-order valence-electron chi connectivity index (χ2n) is 8.18. The quantitative estimate of drug-likeness (QED) is 0.276. The Balaban J connectivity index is 1.61. The number of rotatable bonds is 8. The summed E-state index contributed by atoms with van der Waals surface area (Å²) in [6.45, 7) is 4.49. The highest BCUT2D eigenvalue weighted by molar-refractivity contribution is 5.85. The lowest BCUT2D eigenvalue weighted by Crippen LogP contribution is -2.12. The second kappa shape index (κ2) is 9.92. The Bertz CT molecular complexity index is 741. The van der Waals surface area contributed by atoms with Gasteiger partial charge in [-0.15, -0.1) is 0 Å². The Morgan fingerprint density at radius 2 is 1.67 bits per heavy atom. The molecule has 1 saturated carbocycles. The first-order valence-corrected chi connectivity index (χ1v) is 10.9. The normalized spacial score (nSPS) is 19.9. The largest absolute Gasteiger partial charge is 0.427 e. The minimum absolute atomic E-state index is 0.116.